The van der Waals surface area contributed by atoms with Crippen molar-refractivity contribution in [3.05, 3.63) is 87.9 Å². The molecule has 0 aliphatic carbocycles. The van der Waals surface area contributed by atoms with Gasteiger partial charge >= 0.3 is 5.97 Å². The minimum atomic E-state index is -3.49. The fraction of sp³-hybridized carbons (Fsp3) is 0.290. The molecule has 3 aromatic carbocycles. The normalized spacial score (nSPS) is 14.0. The number of sulfonamides is 1. The standard InChI is InChI=1S/C31H35BrN4O5S/c1-4-19-42(40,41)36(18-17-35(2)3)25-13-11-24(12-14-25)33-30(22-8-5-21(6-9-22)7-16-28(37)38)29-26-15-10-23(32)20-27(26)34-31(29)39/h5-6,8-15,20,33H,4,7,16-19H2,1-3H3,(H,34,39)(H,37,38)/b30-29-. The maximum Gasteiger partial charge on any atom is 0.303 e. The Morgan fingerprint density at radius 1 is 1.00 bits per heavy atom. The second-order valence-electron chi connectivity index (χ2n) is 10.3. The molecule has 0 fully saturated rings. The van der Waals surface area contributed by atoms with Crippen molar-refractivity contribution < 1.29 is 23.1 Å². The number of rotatable bonds is 13. The van der Waals surface area contributed by atoms with E-state index >= 15 is 0 Å². The molecule has 1 aliphatic rings. The summed E-state index contributed by atoms with van der Waals surface area (Å²) >= 11 is 3.46. The number of halogens is 1. The van der Waals surface area contributed by atoms with Gasteiger partial charge in [-0.1, -0.05) is 53.2 Å². The number of carboxylic acid groups (broad SMARTS) is 1. The van der Waals surface area contributed by atoms with Crippen LogP contribution in [0.2, 0.25) is 0 Å². The minimum absolute atomic E-state index is 0.0298. The highest BCUT2D eigenvalue weighted by Crippen LogP contribution is 2.39. The monoisotopic (exact) mass is 654 g/mol. The van der Waals surface area contributed by atoms with Gasteiger partial charge in [-0.3, -0.25) is 13.9 Å². The quantitative estimate of drug-likeness (QED) is 0.208. The number of amides is 1. The molecule has 1 aliphatic heterocycles. The van der Waals surface area contributed by atoms with Crippen LogP contribution in [0.5, 0.6) is 0 Å². The molecule has 1 amide bonds. The summed E-state index contributed by atoms with van der Waals surface area (Å²) in [7, 11) is 0.320. The summed E-state index contributed by atoms with van der Waals surface area (Å²) in [5.74, 6) is -1.05. The molecule has 0 saturated carbocycles. The smallest absolute Gasteiger partial charge is 0.303 e. The van der Waals surface area contributed by atoms with Crippen LogP contribution in [0.25, 0.3) is 11.3 Å². The van der Waals surface area contributed by atoms with Crippen molar-refractivity contribution in [3.63, 3.8) is 0 Å². The molecule has 1 heterocycles. The highest BCUT2D eigenvalue weighted by atomic mass is 79.9. The lowest BCUT2D eigenvalue weighted by atomic mass is 9.98. The molecule has 11 heteroatoms. The molecule has 4 rings (SSSR count). The Morgan fingerprint density at radius 2 is 1.69 bits per heavy atom. The molecule has 0 atom stereocenters. The first-order valence-electron chi connectivity index (χ1n) is 13.7. The van der Waals surface area contributed by atoms with E-state index in [0.29, 0.717) is 54.3 Å². The molecule has 0 radical (unpaired) electrons. The van der Waals surface area contributed by atoms with Gasteiger partial charge in [-0.05, 0) is 74.5 Å². The molecular weight excluding hydrogens is 620 g/mol. The molecular formula is C31H35BrN4O5S. The Labute approximate surface area is 255 Å². The van der Waals surface area contributed by atoms with Crippen LogP contribution in [0.15, 0.2) is 71.2 Å². The van der Waals surface area contributed by atoms with Gasteiger partial charge in [-0.15, -0.1) is 0 Å². The SMILES string of the molecule is CCCS(=O)(=O)N(CCN(C)C)c1ccc(N/C(=C2\C(=O)Nc3cc(Br)ccc32)c2ccc(CCC(=O)O)cc2)cc1. The topological polar surface area (TPSA) is 119 Å². The molecule has 0 bridgehead atoms. The third-order valence-electron chi connectivity index (χ3n) is 6.82. The molecule has 42 heavy (non-hydrogen) atoms. The summed E-state index contributed by atoms with van der Waals surface area (Å²) in [4.78, 5) is 26.2. The number of anilines is 3. The Bertz CT molecular complexity index is 1590. The average molecular weight is 656 g/mol. The third-order valence-corrected chi connectivity index (χ3v) is 9.30. The molecule has 0 saturated heterocycles. The van der Waals surface area contributed by atoms with Gasteiger partial charge in [-0.25, -0.2) is 8.42 Å². The molecule has 3 N–H and O–H groups in total. The van der Waals surface area contributed by atoms with E-state index in [0.717, 1.165) is 21.2 Å². The number of carbonyl (C=O) groups excluding carboxylic acids is 1. The van der Waals surface area contributed by atoms with E-state index in [1.165, 1.54) is 4.31 Å². The molecule has 0 spiro atoms. The predicted molar refractivity (Wildman–Crippen MR) is 172 cm³/mol. The molecule has 0 aromatic heterocycles. The summed E-state index contributed by atoms with van der Waals surface area (Å²) in [6.45, 7) is 2.75. The number of nitrogens with zero attached hydrogens (tertiary/aromatic N) is 2. The largest absolute Gasteiger partial charge is 0.481 e. The van der Waals surface area contributed by atoms with E-state index in [4.69, 9.17) is 5.11 Å². The van der Waals surface area contributed by atoms with Crippen LogP contribution in [-0.2, 0) is 26.0 Å². The maximum atomic E-state index is 13.3. The van der Waals surface area contributed by atoms with Crippen molar-refractivity contribution in [2.45, 2.75) is 26.2 Å². The Balaban J connectivity index is 1.72. The van der Waals surface area contributed by atoms with Crippen LogP contribution in [0, 0.1) is 0 Å². The Morgan fingerprint density at radius 3 is 2.31 bits per heavy atom. The zero-order chi connectivity index (χ0) is 30.4. The lowest BCUT2D eigenvalue weighted by Crippen LogP contribution is -2.38. The highest BCUT2D eigenvalue weighted by Gasteiger charge is 2.29. The van der Waals surface area contributed by atoms with Crippen LogP contribution in [0.4, 0.5) is 17.1 Å². The zero-order valence-corrected chi connectivity index (χ0v) is 26.3. The second kappa shape index (κ2) is 13.5. The predicted octanol–water partition coefficient (Wildman–Crippen LogP) is 5.51. The minimum Gasteiger partial charge on any atom is -0.481 e. The van der Waals surface area contributed by atoms with Gasteiger partial charge in [0.05, 0.1) is 28.4 Å². The summed E-state index contributed by atoms with van der Waals surface area (Å²) in [5, 5.41) is 15.4. The van der Waals surface area contributed by atoms with Crippen molar-refractivity contribution in [2.75, 3.05) is 47.9 Å². The molecule has 0 unspecified atom stereocenters. The van der Waals surface area contributed by atoms with Gasteiger partial charge in [0.2, 0.25) is 10.0 Å². The number of fused-ring (bicyclic) bond motifs is 1. The number of aliphatic carboxylic acids is 1. The summed E-state index contributed by atoms with van der Waals surface area (Å²) in [6, 6.07) is 20.2. The van der Waals surface area contributed by atoms with Crippen molar-refractivity contribution in [1.29, 1.82) is 0 Å². The lowest BCUT2D eigenvalue weighted by Gasteiger charge is -2.26. The Kier molecular flexibility index (Phi) is 10.1. The average Bonchev–Trinajstić information content (AvgIpc) is 3.25. The molecule has 3 aromatic rings. The molecule has 222 valence electrons. The number of carboxylic acids is 1. The third kappa shape index (κ3) is 7.58. The number of likely N-dealkylation sites (N-methyl/N-ethyl adjacent to an activating group) is 1. The summed E-state index contributed by atoms with van der Waals surface area (Å²) in [6.07, 6.45) is 0.952. The number of benzene rings is 3. The van der Waals surface area contributed by atoms with Gasteiger partial charge in [-0.2, -0.15) is 0 Å². The maximum absolute atomic E-state index is 13.3. The van der Waals surface area contributed by atoms with Crippen LogP contribution >= 0.6 is 15.9 Å². The number of carbonyl (C=O) groups is 2. The van der Waals surface area contributed by atoms with E-state index in [1.54, 1.807) is 24.3 Å². The molecule has 9 nitrogen and oxygen atoms in total. The first-order chi connectivity index (χ1) is 20.0. The first-order valence-corrected chi connectivity index (χ1v) is 16.1. The fourth-order valence-electron chi connectivity index (χ4n) is 4.70. The number of hydrogen-bond donors (Lipinski definition) is 3. The van der Waals surface area contributed by atoms with Gasteiger partial charge in [0.1, 0.15) is 0 Å². The van der Waals surface area contributed by atoms with Crippen molar-refractivity contribution in [1.82, 2.24) is 4.90 Å². The Hall–Kier alpha value is -3.67. The highest BCUT2D eigenvalue weighted by molar-refractivity contribution is 9.10. The number of nitrogens with one attached hydrogen (secondary N) is 2. The van der Waals surface area contributed by atoms with E-state index in [-0.39, 0.29) is 18.1 Å². The van der Waals surface area contributed by atoms with Gasteiger partial charge in [0.25, 0.3) is 5.91 Å². The van der Waals surface area contributed by atoms with E-state index in [2.05, 4.69) is 26.6 Å². The second-order valence-corrected chi connectivity index (χ2v) is 13.3. The lowest BCUT2D eigenvalue weighted by molar-refractivity contribution is -0.137. The fourth-order valence-corrected chi connectivity index (χ4v) is 6.60. The van der Waals surface area contributed by atoms with Crippen LogP contribution < -0.4 is 14.9 Å². The van der Waals surface area contributed by atoms with Gasteiger partial charge in [0.15, 0.2) is 0 Å². The number of aryl methyl sites for hydroxylation is 1. The van der Waals surface area contributed by atoms with Gasteiger partial charge < -0.3 is 20.6 Å². The van der Waals surface area contributed by atoms with Crippen LogP contribution in [0.1, 0.15) is 36.5 Å². The van der Waals surface area contributed by atoms with Crippen molar-refractivity contribution >= 4 is 66.2 Å². The number of hydrogen-bond acceptors (Lipinski definition) is 6. The van der Waals surface area contributed by atoms with Crippen molar-refractivity contribution in [2.24, 2.45) is 0 Å². The van der Waals surface area contributed by atoms with E-state index in [9.17, 15) is 18.0 Å². The van der Waals surface area contributed by atoms with Gasteiger partial charge in [0, 0.05) is 35.2 Å². The zero-order valence-electron chi connectivity index (χ0n) is 23.9. The van der Waals surface area contributed by atoms with E-state index < -0.39 is 16.0 Å². The first kappa shape index (κ1) is 31.3. The van der Waals surface area contributed by atoms with Crippen LogP contribution in [-0.4, -0.2) is 63.2 Å². The van der Waals surface area contributed by atoms with Crippen molar-refractivity contribution in [3.8, 4) is 0 Å². The summed E-state index contributed by atoms with van der Waals surface area (Å²) < 4.78 is 28.4. The summed E-state index contributed by atoms with van der Waals surface area (Å²) in [5.41, 5.74) is 5.36. The van der Waals surface area contributed by atoms with Crippen LogP contribution in [0.3, 0.4) is 0 Å². The van der Waals surface area contributed by atoms with E-state index in [1.807, 2.05) is 68.4 Å².